The molecule has 2 N–H and O–H groups in total. The Morgan fingerprint density at radius 3 is 3.00 bits per heavy atom. The maximum Gasteiger partial charge on any atom is 0.129 e. The topological polar surface area (TPSA) is 51.4 Å². The molecule has 0 saturated carbocycles. The summed E-state index contributed by atoms with van der Waals surface area (Å²) in [4.78, 5) is 6.70. The molecule has 0 spiro atoms. The van der Waals surface area contributed by atoms with Gasteiger partial charge in [0.05, 0.1) is 6.61 Å². The standard InChI is InChI=1S/C14H21N3O/c1-11(15)13-3-6-16-14(9-13)17-7-4-12(5-8-17)10-18-2/h3-4,6,9,11H,5,7-8,10,15H2,1-2H3/t11-/m0/s1. The Morgan fingerprint density at radius 2 is 2.39 bits per heavy atom. The van der Waals surface area contributed by atoms with Crippen molar-refractivity contribution in [2.75, 3.05) is 31.7 Å². The van der Waals surface area contributed by atoms with Crippen LogP contribution in [0.15, 0.2) is 30.0 Å². The van der Waals surface area contributed by atoms with Crippen molar-refractivity contribution in [2.24, 2.45) is 5.73 Å². The van der Waals surface area contributed by atoms with Crippen molar-refractivity contribution in [3.05, 3.63) is 35.5 Å². The third-order valence-electron chi connectivity index (χ3n) is 3.25. The summed E-state index contributed by atoms with van der Waals surface area (Å²) in [6.45, 7) is 4.62. The molecule has 18 heavy (non-hydrogen) atoms. The van der Waals surface area contributed by atoms with E-state index in [4.69, 9.17) is 10.5 Å². The number of aromatic nitrogens is 1. The summed E-state index contributed by atoms with van der Waals surface area (Å²) in [5.74, 6) is 1.01. The number of methoxy groups -OCH3 is 1. The van der Waals surface area contributed by atoms with E-state index in [9.17, 15) is 0 Å². The molecule has 4 nitrogen and oxygen atoms in total. The van der Waals surface area contributed by atoms with E-state index in [-0.39, 0.29) is 6.04 Å². The molecule has 0 bridgehead atoms. The van der Waals surface area contributed by atoms with Gasteiger partial charge in [-0.25, -0.2) is 4.98 Å². The van der Waals surface area contributed by atoms with Crippen molar-refractivity contribution in [3.8, 4) is 0 Å². The Kier molecular flexibility index (Phi) is 4.33. The first-order valence-electron chi connectivity index (χ1n) is 6.34. The average molecular weight is 247 g/mol. The summed E-state index contributed by atoms with van der Waals surface area (Å²) < 4.78 is 5.15. The van der Waals surface area contributed by atoms with Gasteiger partial charge in [-0.3, -0.25) is 0 Å². The van der Waals surface area contributed by atoms with Gasteiger partial charge < -0.3 is 15.4 Å². The number of ether oxygens (including phenoxy) is 1. The minimum Gasteiger partial charge on any atom is -0.380 e. The fraction of sp³-hybridized carbons (Fsp3) is 0.500. The number of nitrogens with zero attached hydrogens (tertiary/aromatic N) is 2. The summed E-state index contributed by atoms with van der Waals surface area (Å²) in [5, 5.41) is 0. The van der Waals surface area contributed by atoms with Gasteiger partial charge in [-0.15, -0.1) is 0 Å². The fourth-order valence-electron chi connectivity index (χ4n) is 2.13. The molecule has 0 fully saturated rings. The molecule has 2 heterocycles. The van der Waals surface area contributed by atoms with Crippen LogP contribution in [0.1, 0.15) is 24.9 Å². The second-order valence-electron chi connectivity index (χ2n) is 4.73. The van der Waals surface area contributed by atoms with Gasteiger partial charge in [0, 0.05) is 32.4 Å². The van der Waals surface area contributed by atoms with Crippen molar-refractivity contribution in [2.45, 2.75) is 19.4 Å². The van der Waals surface area contributed by atoms with Gasteiger partial charge in [0.15, 0.2) is 0 Å². The van der Waals surface area contributed by atoms with E-state index in [1.165, 1.54) is 5.57 Å². The first-order valence-corrected chi connectivity index (χ1v) is 6.34. The Morgan fingerprint density at radius 1 is 1.56 bits per heavy atom. The predicted molar refractivity (Wildman–Crippen MR) is 73.6 cm³/mol. The lowest BCUT2D eigenvalue weighted by atomic mass is 10.1. The number of hydrogen-bond donors (Lipinski definition) is 1. The van der Waals surface area contributed by atoms with Crippen LogP contribution in [-0.4, -0.2) is 31.8 Å². The molecule has 0 amide bonds. The number of hydrogen-bond acceptors (Lipinski definition) is 4. The van der Waals surface area contributed by atoms with Gasteiger partial charge in [-0.05, 0) is 36.6 Å². The zero-order chi connectivity index (χ0) is 13.0. The second kappa shape index (κ2) is 5.98. The maximum absolute atomic E-state index is 5.90. The van der Waals surface area contributed by atoms with E-state index in [0.29, 0.717) is 0 Å². The van der Waals surface area contributed by atoms with Crippen LogP contribution in [0.2, 0.25) is 0 Å². The minimum atomic E-state index is 0.0520. The third kappa shape index (κ3) is 3.09. The van der Waals surface area contributed by atoms with Crippen LogP contribution in [-0.2, 0) is 4.74 Å². The Balaban J connectivity index is 2.07. The molecule has 1 aromatic rings. The quantitative estimate of drug-likeness (QED) is 0.825. The summed E-state index contributed by atoms with van der Waals surface area (Å²) in [5.41, 5.74) is 8.40. The summed E-state index contributed by atoms with van der Waals surface area (Å²) in [6, 6.07) is 4.11. The monoisotopic (exact) mass is 247 g/mol. The molecule has 0 aliphatic carbocycles. The van der Waals surface area contributed by atoms with Crippen molar-refractivity contribution in [3.63, 3.8) is 0 Å². The van der Waals surface area contributed by atoms with Gasteiger partial charge in [-0.1, -0.05) is 6.08 Å². The Hall–Kier alpha value is -1.39. The van der Waals surface area contributed by atoms with Crippen LogP contribution in [0.5, 0.6) is 0 Å². The molecule has 1 aliphatic heterocycles. The zero-order valence-electron chi connectivity index (χ0n) is 11.1. The van der Waals surface area contributed by atoms with Crippen LogP contribution >= 0.6 is 0 Å². The van der Waals surface area contributed by atoms with E-state index in [1.807, 2.05) is 19.2 Å². The summed E-state index contributed by atoms with van der Waals surface area (Å²) >= 11 is 0. The summed E-state index contributed by atoms with van der Waals surface area (Å²) in [6.07, 6.45) is 5.10. The Bertz CT molecular complexity index is 429. The van der Waals surface area contributed by atoms with E-state index in [2.05, 4.69) is 22.0 Å². The Labute approximate surface area is 108 Å². The fourth-order valence-corrected chi connectivity index (χ4v) is 2.13. The van der Waals surface area contributed by atoms with Crippen molar-refractivity contribution >= 4 is 5.82 Å². The lowest BCUT2D eigenvalue weighted by Gasteiger charge is -2.27. The van der Waals surface area contributed by atoms with Gasteiger partial charge >= 0.3 is 0 Å². The zero-order valence-corrected chi connectivity index (χ0v) is 11.1. The van der Waals surface area contributed by atoms with Crippen molar-refractivity contribution in [1.82, 2.24) is 4.98 Å². The normalized spacial score (nSPS) is 17.5. The molecule has 0 radical (unpaired) electrons. The molecule has 0 saturated heterocycles. The molecule has 2 rings (SSSR count). The smallest absolute Gasteiger partial charge is 0.129 e. The highest BCUT2D eigenvalue weighted by molar-refractivity contribution is 5.44. The van der Waals surface area contributed by atoms with Crippen LogP contribution in [0, 0.1) is 0 Å². The highest BCUT2D eigenvalue weighted by Crippen LogP contribution is 2.20. The predicted octanol–water partition coefficient (Wildman–Crippen LogP) is 1.88. The van der Waals surface area contributed by atoms with Gasteiger partial charge in [-0.2, -0.15) is 0 Å². The molecule has 1 aliphatic rings. The molecule has 0 unspecified atom stereocenters. The number of rotatable bonds is 4. The van der Waals surface area contributed by atoms with Crippen LogP contribution in [0.25, 0.3) is 0 Å². The van der Waals surface area contributed by atoms with Crippen molar-refractivity contribution in [1.29, 1.82) is 0 Å². The molecular weight excluding hydrogens is 226 g/mol. The maximum atomic E-state index is 5.90. The highest BCUT2D eigenvalue weighted by atomic mass is 16.5. The van der Waals surface area contributed by atoms with E-state index < -0.39 is 0 Å². The molecular formula is C14H21N3O. The molecule has 4 heteroatoms. The minimum absolute atomic E-state index is 0.0520. The number of anilines is 1. The van der Waals surface area contributed by atoms with Crippen LogP contribution in [0.3, 0.4) is 0 Å². The van der Waals surface area contributed by atoms with E-state index >= 15 is 0 Å². The van der Waals surface area contributed by atoms with Crippen LogP contribution < -0.4 is 10.6 Å². The number of nitrogens with two attached hydrogens (primary N) is 1. The molecule has 1 atom stereocenters. The van der Waals surface area contributed by atoms with E-state index in [1.54, 1.807) is 7.11 Å². The van der Waals surface area contributed by atoms with Gasteiger partial charge in [0.2, 0.25) is 0 Å². The lowest BCUT2D eigenvalue weighted by Crippen LogP contribution is -2.30. The average Bonchev–Trinajstić information content (AvgIpc) is 2.40. The lowest BCUT2D eigenvalue weighted by molar-refractivity contribution is 0.222. The molecule has 98 valence electrons. The first-order chi connectivity index (χ1) is 8.70. The summed E-state index contributed by atoms with van der Waals surface area (Å²) in [7, 11) is 1.74. The SMILES string of the molecule is COCC1=CCN(c2cc([C@H](C)N)ccn2)CC1. The third-order valence-corrected chi connectivity index (χ3v) is 3.25. The largest absolute Gasteiger partial charge is 0.380 e. The van der Waals surface area contributed by atoms with Gasteiger partial charge in [0.25, 0.3) is 0 Å². The first kappa shape index (κ1) is 13.1. The number of pyridine rings is 1. The molecule has 0 aromatic carbocycles. The van der Waals surface area contributed by atoms with E-state index in [0.717, 1.165) is 37.5 Å². The highest BCUT2D eigenvalue weighted by Gasteiger charge is 2.13. The second-order valence-corrected chi connectivity index (χ2v) is 4.73. The van der Waals surface area contributed by atoms with Gasteiger partial charge in [0.1, 0.15) is 5.82 Å². The molecule has 1 aromatic heterocycles. The van der Waals surface area contributed by atoms with Crippen molar-refractivity contribution < 1.29 is 4.74 Å². The van der Waals surface area contributed by atoms with Crippen LogP contribution in [0.4, 0.5) is 5.82 Å².